The van der Waals surface area contributed by atoms with Gasteiger partial charge >= 0.3 is 0 Å². The quantitative estimate of drug-likeness (QED) is 0.333. The first kappa shape index (κ1) is 22.8. The number of aromatic hydroxyl groups is 1. The van der Waals surface area contributed by atoms with Crippen molar-refractivity contribution in [2.24, 2.45) is 0 Å². The molecule has 0 fully saturated rings. The summed E-state index contributed by atoms with van der Waals surface area (Å²) in [4.78, 5) is 25.5. The largest absolute Gasteiger partial charge is 0.504 e. The summed E-state index contributed by atoms with van der Waals surface area (Å²) in [6.07, 6.45) is -0.513. The maximum absolute atomic E-state index is 13.0. The van der Waals surface area contributed by atoms with E-state index in [4.69, 9.17) is 28.4 Å². The third-order valence-corrected chi connectivity index (χ3v) is 4.24. The summed E-state index contributed by atoms with van der Waals surface area (Å²) in [6, 6.07) is 6.33. The summed E-state index contributed by atoms with van der Waals surface area (Å²) < 4.78 is 31.2. The molecule has 0 saturated carbocycles. The van der Waals surface area contributed by atoms with Gasteiger partial charge in [0.05, 0.1) is 34.9 Å². The van der Waals surface area contributed by atoms with Crippen molar-refractivity contribution in [3.63, 3.8) is 0 Å². The predicted molar refractivity (Wildman–Crippen MR) is 107 cm³/mol. The summed E-state index contributed by atoms with van der Waals surface area (Å²) in [5.41, 5.74) is 0.0689. The minimum absolute atomic E-state index is 0.00534. The Balaban J connectivity index is 2.47. The van der Waals surface area contributed by atoms with Crippen LogP contribution in [0.5, 0.6) is 34.5 Å². The summed E-state index contributed by atoms with van der Waals surface area (Å²) in [5.74, 6) is -1.30. The molecule has 0 atom stereocenters. The van der Waals surface area contributed by atoms with Crippen LogP contribution in [0.15, 0.2) is 24.3 Å². The van der Waals surface area contributed by atoms with Crippen molar-refractivity contribution < 1.29 is 43.1 Å². The summed E-state index contributed by atoms with van der Waals surface area (Å²) in [5, 5.41) is 10.7. The first-order valence-electron chi connectivity index (χ1n) is 8.80. The number of ketones is 2. The van der Waals surface area contributed by atoms with Gasteiger partial charge in [-0.1, -0.05) is 0 Å². The number of carbonyl (C=O) groups is 2. The number of hydrogen-bond donors (Lipinski definition) is 1. The number of hydrogen-bond acceptors (Lipinski definition) is 9. The van der Waals surface area contributed by atoms with Gasteiger partial charge in [0, 0.05) is 12.7 Å². The van der Waals surface area contributed by atoms with Crippen molar-refractivity contribution in [3.05, 3.63) is 35.4 Å². The van der Waals surface area contributed by atoms with Gasteiger partial charge in [0.2, 0.25) is 17.2 Å². The first-order chi connectivity index (χ1) is 14.4. The third-order valence-electron chi connectivity index (χ3n) is 4.24. The molecule has 1 N–H and O–H groups in total. The molecule has 162 valence electrons. The number of Topliss-reactive ketones (excluding diaryl/α,β-unsaturated/α-hetero) is 2. The average Bonchev–Trinajstić information content (AvgIpc) is 2.76. The van der Waals surface area contributed by atoms with Crippen LogP contribution >= 0.6 is 0 Å². The molecule has 2 aromatic carbocycles. The fraction of sp³-hybridized carbons (Fsp3) is 0.333. The monoisotopic (exact) mass is 420 g/mol. The second kappa shape index (κ2) is 10.4. The maximum atomic E-state index is 13.0. The average molecular weight is 420 g/mol. The lowest BCUT2D eigenvalue weighted by molar-refractivity contribution is 0.0465. The molecule has 0 heterocycles. The molecule has 30 heavy (non-hydrogen) atoms. The van der Waals surface area contributed by atoms with Gasteiger partial charge in [-0.15, -0.1) is 0 Å². The summed E-state index contributed by atoms with van der Waals surface area (Å²) in [7, 11) is 6.85. The summed E-state index contributed by atoms with van der Waals surface area (Å²) in [6.45, 7) is -0.168. The Bertz CT molecular complexity index is 904. The number of methoxy groups -OCH3 is 5. The molecule has 0 aliphatic rings. The fourth-order valence-corrected chi connectivity index (χ4v) is 2.84. The molecular formula is C21H24O9. The molecule has 0 spiro atoms. The Morgan fingerprint density at radius 1 is 0.767 bits per heavy atom. The molecule has 0 amide bonds. The van der Waals surface area contributed by atoms with Gasteiger partial charge in [-0.2, -0.15) is 0 Å². The molecule has 9 nitrogen and oxygen atoms in total. The highest BCUT2D eigenvalue weighted by Gasteiger charge is 2.32. The highest BCUT2D eigenvalue weighted by Crippen LogP contribution is 2.53. The minimum Gasteiger partial charge on any atom is -0.504 e. The number of ether oxygens (including phenoxy) is 6. The highest BCUT2D eigenvalue weighted by atomic mass is 16.7. The van der Waals surface area contributed by atoms with E-state index in [0.29, 0.717) is 11.3 Å². The van der Waals surface area contributed by atoms with E-state index in [2.05, 4.69) is 0 Å². The molecule has 0 aliphatic heterocycles. The molecule has 0 aliphatic carbocycles. The third kappa shape index (κ3) is 4.57. The van der Waals surface area contributed by atoms with Crippen LogP contribution in [0.25, 0.3) is 0 Å². The van der Waals surface area contributed by atoms with Crippen molar-refractivity contribution in [2.75, 3.05) is 42.3 Å². The van der Waals surface area contributed by atoms with Gasteiger partial charge in [0.1, 0.15) is 11.3 Å². The zero-order valence-corrected chi connectivity index (χ0v) is 17.4. The van der Waals surface area contributed by atoms with Crippen LogP contribution in [0, 0.1) is 0 Å². The minimum atomic E-state index is -0.681. The Morgan fingerprint density at radius 2 is 1.37 bits per heavy atom. The predicted octanol–water partition coefficient (Wildman–Crippen LogP) is 2.87. The fourth-order valence-electron chi connectivity index (χ4n) is 2.84. The van der Waals surface area contributed by atoms with Gasteiger partial charge in [-0.25, -0.2) is 0 Å². The zero-order valence-electron chi connectivity index (χ0n) is 17.4. The molecule has 9 heteroatoms. The van der Waals surface area contributed by atoms with Crippen molar-refractivity contribution in [2.45, 2.75) is 6.42 Å². The lowest BCUT2D eigenvalue weighted by Gasteiger charge is -2.20. The van der Waals surface area contributed by atoms with E-state index in [1.165, 1.54) is 35.5 Å². The van der Waals surface area contributed by atoms with E-state index < -0.39 is 23.7 Å². The molecule has 0 aromatic heterocycles. The number of carbonyl (C=O) groups excluding carboxylic acids is 2. The van der Waals surface area contributed by atoms with Crippen molar-refractivity contribution in [1.29, 1.82) is 0 Å². The van der Waals surface area contributed by atoms with Crippen LogP contribution in [-0.4, -0.2) is 59.0 Å². The number of phenolic OH excluding ortho intramolecular Hbond substituents is 1. The highest BCUT2D eigenvalue weighted by molar-refractivity contribution is 6.16. The van der Waals surface area contributed by atoms with Crippen LogP contribution in [0.3, 0.4) is 0 Å². The van der Waals surface area contributed by atoms with E-state index in [1.807, 2.05) is 0 Å². The Kier molecular flexibility index (Phi) is 7.88. The smallest absolute Gasteiger partial charge is 0.214 e. The molecule has 0 unspecified atom stereocenters. The van der Waals surface area contributed by atoms with E-state index in [0.717, 1.165) is 0 Å². The lowest BCUT2D eigenvalue weighted by Crippen LogP contribution is -2.12. The van der Waals surface area contributed by atoms with Crippen LogP contribution in [0.4, 0.5) is 0 Å². The number of benzene rings is 2. The van der Waals surface area contributed by atoms with E-state index >= 15 is 0 Å². The maximum Gasteiger partial charge on any atom is 0.214 e. The van der Waals surface area contributed by atoms with Gasteiger partial charge in [0.25, 0.3) is 0 Å². The molecule has 2 rings (SSSR count). The van der Waals surface area contributed by atoms with E-state index in [9.17, 15) is 14.7 Å². The van der Waals surface area contributed by atoms with Crippen molar-refractivity contribution in [3.8, 4) is 34.5 Å². The van der Waals surface area contributed by atoms with Gasteiger partial charge < -0.3 is 33.5 Å². The van der Waals surface area contributed by atoms with Crippen LogP contribution in [0.1, 0.15) is 27.1 Å². The van der Waals surface area contributed by atoms with Gasteiger partial charge in [0.15, 0.2) is 29.9 Å². The number of phenols is 1. The Labute approximate surface area is 174 Å². The molecule has 0 bridgehead atoms. The topological polar surface area (TPSA) is 110 Å². The van der Waals surface area contributed by atoms with Crippen LogP contribution in [0.2, 0.25) is 0 Å². The molecule has 2 aromatic rings. The van der Waals surface area contributed by atoms with E-state index in [-0.39, 0.29) is 35.4 Å². The molecule has 0 saturated heterocycles. The standard InChI is InChI=1S/C21H24O9/c1-25-11-30-21-19(28-4)17(24)16(18(27-3)20(21)29-5)15(23)10-14(22)12-6-8-13(26-2)9-7-12/h6-9,24H,10-11H2,1-5H3. The SMILES string of the molecule is COCOc1c(OC)c(O)c(C(=O)CC(=O)c2ccc(OC)cc2)c(OC)c1OC. The summed E-state index contributed by atoms with van der Waals surface area (Å²) >= 11 is 0. The lowest BCUT2D eigenvalue weighted by atomic mass is 9.98. The molecular weight excluding hydrogens is 396 g/mol. The van der Waals surface area contributed by atoms with Crippen molar-refractivity contribution >= 4 is 11.6 Å². The van der Waals surface area contributed by atoms with Gasteiger partial charge in [-0.05, 0) is 24.3 Å². The number of rotatable bonds is 11. The van der Waals surface area contributed by atoms with Gasteiger partial charge in [-0.3, -0.25) is 9.59 Å². The molecule has 0 radical (unpaired) electrons. The van der Waals surface area contributed by atoms with E-state index in [1.54, 1.807) is 24.3 Å². The Hall–Kier alpha value is -3.46. The second-order valence-corrected chi connectivity index (χ2v) is 5.95. The zero-order chi connectivity index (χ0) is 22.3. The van der Waals surface area contributed by atoms with Crippen LogP contribution < -0.4 is 23.7 Å². The van der Waals surface area contributed by atoms with Crippen molar-refractivity contribution in [1.82, 2.24) is 0 Å². The Morgan fingerprint density at radius 3 is 1.87 bits per heavy atom. The normalized spacial score (nSPS) is 10.3. The second-order valence-electron chi connectivity index (χ2n) is 5.95. The van der Waals surface area contributed by atoms with Crippen LogP contribution in [-0.2, 0) is 4.74 Å². The first-order valence-corrected chi connectivity index (χ1v) is 8.80.